The largest absolute Gasteiger partial charge is 0.457 e. The number of benzene rings is 4. The van der Waals surface area contributed by atoms with Crippen molar-refractivity contribution in [2.75, 3.05) is 11.4 Å². The molecule has 7 heteroatoms. The van der Waals surface area contributed by atoms with E-state index in [1.165, 1.54) is 35.6 Å². The summed E-state index contributed by atoms with van der Waals surface area (Å²) in [5.74, 6) is 0.946. The average Bonchev–Trinajstić information content (AvgIpc) is 2.86. The first-order chi connectivity index (χ1) is 16.3. The Morgan fingerprint density at radius 2 is 1.35 bits per heavy atom. The van der Waals surface area contributed by atoms with Crippen LogP contribution in [0.5, 0.6) is 17.2 Å². The topological polar surface area (TPSA) is 72.9 Å². The number of ether oxygens (including phenoxy) is 2. The minimum absolute atomic E-state index is 0.00312. The fourth-order valence-corrected chi connectivity index (χ4v) is 4.44. The summed E-state index contributed by atoms with van der Waals surface area (Å²) in [7, 11) is -2.38. The van der Waals surface area contributed by atoms with E-state index >= 15 is 0 Å². The average molecular weight is 474 g/mol. The number of hydrogen-bond donors (Lipinski definition) is 0. The van der Waals surface area contributed by atoms with Gasteiger partial charge in [-0.3, -0.25) is 4.31 Å². The van der Waals surface area contributed by atoms with Gasteiger partial charge in [-0.05, 0) is 73.7 Å². The lowest BCUT2D eigenvalue weighted by atomic mass is 10.2. The maximum Gasteiger partial charge on any atom is 0.343 e. The van der Waals surface area contributed by atoms with Gasteiger partial charge in [0.1, 0.15) is 17.2 Å². The van der Waals surface area contributed by atoms with Crippen molar-refractivity contribution in [3.63, 3.8) is 0 Å². The van der Waals surface area contributed by atoms with Gasteiger partial charge in [0.2, 0.25) is 0 Å². The molecule has 0 aromatic heterocycles. The second kappa shape index (κ2) is 9.80. The molecule has 0 N–H and O–H groups in total. The van der Waals surface area contributed by atoms with Gasteiger partial charge < -0.3 is 9.47 Å². The fourth-order valence-electron chi connectivity index (χ4n) is 3.20. The molecule has 0 heterocycles. The minimum atomic E-state index is -3.86. The van der Waals surface area contributed by atoms with Crippen molar-refractivity contribution < 1.29 is 22.7 Å². The third-order valence-electron chi connectivity index (χ3n) is 5.14. The molecule has 0 radical (unpaired) electrons. The summed E-state index contributed by atoms with van der Waals surface area (Å²) in [4.78, 5) is 12.7. The van der Waals surface area contributed by atoms with Crippen LogP contribution in [0.2, 0.25) is 0 Å². The lowest BCUT2D eigenvalue weighted by molar-refractivity contribution is 0.0734. The smallest absolute Gasteiger partial charge is 0.343 e. The highest BCUT2D eigenvalue weighted by molar-refractivity contribution is 7.92. The number of aryl methyl sites for hydroxylation is 1. The molecular weight excluding hydrogens is 450 g/mol. The molecule has 4 aromatic rings. The summed E-state index contributed by atoms with van der Waals surface area (Å²) < 4.78 is 38.5. The maximum atomic E-state index is 13.1. The van der Waals surface area contributed by atoms with Crippen LogP contribution in [0.4, 0.5) is 5.69 Å². The highest BCUT2D eigenvalue weighted by Gasteiger charge is 2.23. The van der Waals surface area contributed by atoms with E-state index in [0.29, 0.717) is 22.9 Å². The molecule has 0 aliphatic carbocycles. The molecule has 4 rings (SSSR count). The van der Waals surface area contributed by atoms with E-state index in [1.807, 2.05) is 49.4 Å². The third-order valence-corrected chi connectivity index (χ3v) is 6.92. The Hall–Kier alpha value is -4.10. The van der Waals surface area contributed by atoms with Crippen LogP contribution in [0.1, 0.15) is 15.9 Å². The molecule has 0 aliphatic rings. The zero-order chi connectivity index (χ0) is 24.1. The quantitative estimate of drug-likeness (QED) is 0.249. The van der Waals surface area contributed by atoms with Gasteiger partial charge in [0, 0.05) is 7.05 Å². The first kappa shape index (κ1) is 23.1. The van der Waals surface area contributed by atoms with E-state index in [4.69, 9.17) is 9.47 Å². The van der Waals surface area contributed by atoms with Gasteiger partial charge in [0.25, 0.3) is 10.0 Å². The van der Waals surface area contributed by atoms with E-state index in [1.54, 1.807) is 36.4 Å². The van der Waals surface area contributed by atoms with E-state index in [9.17, 15) is 13.2 Å². The first-order valence-electron chi connectivity index (χ1n) is 10.5. The van der Waals surface area contributed by atoms with Crippen molar-refractivity contribution in [1.82, 2.24) is 0 Å². The number of hydrogen-bond acceptors (Lipinski definition) is 5. The first-order valence-corrected chi connectivity index (χ1v) is 12.0. The normalized spacial score (nSPS) is 11.0. The van der Waals surface area contributed by atoms with Gasteiger partial charge in [-0.2, -0.15) is 0 Å². The van der Waals surface area contributed by atoms with Crippen LogP contribution in [0.25, 0.3) is 0 Å². The van der Waals surface area contributed by atoms with Crippen LogP contribution < -0.4 is 13.8 Å². The summed E-state index contributed by atoms with van der Waals surface area (Å²) in [6, 6.07) is 28.9. The van der Waals surface area contributed by atoms with Crippen LogP contribution in [0.3, 0.4) is 0 Å². The number of nitrogens with zero attached hydrogens (tertiary/aromatic N) is 1. The van der Waals surface area contributed by atoms with Crippen LogP contribution >= 0.6 is 0 Å². The predicted octanol–water partition coefficient (Wildman–Crippen LogP) is 5.83. The Balaban J connectivity index is 1.48. The Morgan fingerprint density at radius 1 is 0.735 bits per heavy atom. The summed E-state index contributed by atoms with van der Waals surface area (Å²) in [6.07, 6.45) is 0. The predicted molar refractivity (Wildman–Crippen MR) is 131 cm³/mol. The second-order valence-corrected chi connectivity index (χ2v) is 9.58. The third kappa shape index (κ3) is 5.27. The minimum Gasteiger partial charge on any atom is -0.457 e. The zero-order valence-electron chi connectivity index (χ0n) is 18.7. The van der Waals surface area contributed by atoms with Crippen molar-refractivity contribution >= 4 is 21.7 Å². The number of carbonyl (C=O) groups is 1. The van der Waals surface area contributed by atoms with Crippen LogP contribution in [-0.4, -0.2) is 21.4 Å². The number of esters is 1. The number of anilines is 1. The number of sulfonamides is 1. The highest BCUT2D eigenvalue weighted by Crippen LogP contribution is 2.25. The van der Waals surface area contributed by atoms with Gasteiger partial charge in [-0.15, -0.1) is 0 Å². The zero-order valence-corrected chi connectivity index (χ0v) is 19.5. The van der Waals surface area contributed by atoms with E-state index in [0.717, 1.165) is 5.56 Å². The Kier molecular flexibility index (Phi) is 6.65. The molecule has 0 fully saturated rings. The molecule has 0 bridgehead atoms. The van der Waals surface area contributed by atoms with Gasteiger partial charge >= 0.3 is 5.97 Å². The lowest BCUT2D eigenvalue weighted by Gasteiger charge is -2.20. The molecule has 0 unspecified atom stereocenters. The van der Waals surface area contributed by atoms with Crippen LogP contribution in [0, 0.1) is 6.92 Å². The molecule has 0 atom stereocenters. The number of para-hydroxylation sites is 1. The summed E-state index contributed by atoms with van der Waals surface area (Å²) in [5, 5.41) is 0. The second-order valence-electron chi connectivity index (χ2n) is 7.61. The van der Waals surface area contributed by atoms with Crippen molar-refractivity contribution in [3.05, 3.63) is 114 Å². The standard InChI is InChI=1S/C27H23NO5S/c1-20-11-13-22(14-12-20)28(2)34(30,31)26-10-6-7-21(19-26)27(29)33-25-17-15-24(16-18-25)32-23-8-4-3-5-9-23/h3-19H,1-2H3. The number of carbonyl (C=O) groups excluding carboxylic acids is 1. The number of rotatable bonds is 7. The van der Waals surface area contributed by atoms with E-state index in [2.05, 4.69) is 0 Å². The molecule has 4 aromatic carbocycles. The van der Waals surface area contributed by atoms with Gasteiger partial charge in [-0.1, -0.05) is 42.0 Å². The highest BCUT2D eigenvalue weighted by atomic mass is 32.2. The van der Waals surface area contributed by atoms with Gasteiger partial charge in [-0.25, -0.2) is 13.2 Å². The van der Waals surface area contributed by atoms with Crippen molar-refractivity contribution in [1.29, 1.82) is 0 Å². The van der Waals surface area contributed by atoms with E-state index in [-0.39, 0.29) is 10.5 Å². The van der Waals surface area contributed by atoms with Crippen LogP contribution in [-0.2, 0) is 10.0 Å². The van der Waals surface area contributed by atoms with Crippen molar-refractivity contribution in [3.8, 4) is 17.2 Å². The lowest BCUT2D eigenvalue weighted by Crippen LogP contribution is -2.26. The van der Waals surface area contributed by atoms with Gasteiger partial charge in [0.05, 0.1) is 16.1 Å². The summed E-state index contributed by atoms with van der Waals surface area (Å²) in [5.41, 5.74) is 1.68. The molecule has 6 nitrogen and oxygen atoms in total. The molecule has 0 saturated heterocycles. The summed E-state index contributed by atoms with van der Waals surface area (Å²) in [6.45, 7) is 1.93. The Bertz CT molecular complexity index is 1380. The molecule has 0 amide bonds. The summed E-state index contributed by atoms with van der Waals surface area (Å²) >= 11 is 0. The monoisotopic (exact) mass is 473 g/mol. The fraction of sp³-hybridized carbons (Fsp3) is 0.0741. The molecule has 0 aliphatic heterocycles. The Morgan fingerprint density at radius 3 is 2.03 bits per heavy atom. The molecule has 172 valence electrons. The van der Waals surface area contributed by atoms with Crippen molar-refractivity contribution in [2.24, 2.45) is 0 Å². The SMILES string of the molecule is Cc1ccc(N(C)S(=O)(=O)c2cccc(C(=O)Oc3ccc(Oc4ccccc4)cc3)c2)cc1. The van der Waals surface area contributed by atoms with Crippen LogP contribution in [0.15, 0.2) is 108 Å². The van der Waals surface area contributed by atoms with Crippen molar-refractivity contribution in [2.45, 2.75) is 11.8 Å². The molecular formula is C27H23NO5S. The Labute approximate surface area is 199 Å². The maximum absolute atomic E-state index is 13.1. The van der Waals surface area contributed by atoms with Gasteiger partial charge in [0.15, 0.2) is 0 Å². The molecule has 0 spiro atoms. The molecule has 34 heavy (non-hydrogen) atoms. The molecule has 0 saturated carbocycles. The van der Waals surface area contributed by atoms with E-state index < -0.39 is 16.0 Å².